The summed E-state index contributed by atoms with van der Waals surface area (Å²) < 4.78 is 21.4. The first-order chi connectivity index (χ1) is 20.3. The summed E-state index contributed by atoms with van der Waals surface area (Å²) in [6.07, 6.45) is 15.5. The number of esters is 3. The number of ether oxygens (including phenoxy) is 4. The first-order valence-electron chi connectivity index (χ1n) is 16.0. The van der Waals surface area contributed by atoms with Gasteiger partial charge in [0, 0.05) is 25.1 Å². The molecule has 1 amide bonds. The lowest BCUT2D eigenvalue weighted by atomic mass is 9.80. The van der Waals surface area contributed by atoms with Crippen LogP contribution in [0.3, 0.4) is 0 Å². The van der Waals surface area contributed by atoms with Crippen LogP contribution in [0.2, 0.25) is 0 Å². The first-order valence-corrected chi connectivity index (χ1v) is 16.0. The SMILES string of the molecule is C=CC(=O)OCC1CCC(COC(=O)CCC2CCC(CNC(=O)OCC3CCC(COC(=O)C=C)CC3)CC2)CC1. The fourth-order valence-electron chi connectivity index (χ4n) is 6.45. The van der Waals surface area contributed by atoms with Crippen LogP contribution in [-0.2, 0) is 33.3 Å². The van der Waals surface area contributed by atoms with E-state index in [1.54, 1.807) is 0 Å². The van der Waals surface area contributed by atoms with E-state index in [1.807, 2.05) is 0 Å². The van der Waals surface area contributed by atoms with Gasteiger partial charge >= 0.3 is 24.0 Å². The molecule has 1 N–H and O–H groups in total. The van der Waals surface area contributed by atoms with Gasteiger partial charge in [-0.3, -0.25) is 4.79 Å². The molecule has 0 radical (unpaired) electrons. The van der Waals surface area contributed by atoms with Crippen molar-refractivity contribution >= 4 is 24.0 Å². The molecule has 0 bridgehead atoms. The molecular formula is C33H51NO8. The highest BCUT2D eigenvalue weighted by Crippen LogP contribution is 2.33. The lowest BCUT2D eigenvalue weighted by Crippen LogP contribution is -2.33. The van der Waals surface area contributed by atoms with Gasteiger partial charge in [-0.25, -0.2) is 14.4 Å². The highest BCUT2D eigenvalue weighted by atomic mass is 16.6. The van der Waals surface area contributed by atoms with E-state index in [0.717, 1.165) is 83.5 Å². The van der Waals surface area contributed by atoms with Crippen LogP contribution < -0.4 is 5.32 Å². The van der Waals surface area contributed by atoms with E-state index in [0.29, 0.717) is 74.9 Å². The van der Waals surface area contributed by atoms with E-state index in [9.17, 15) is 19.2 Å². The maximum atomic E-state index is 12.3. The Bertz CT molecular complexity index is 808. The molecule has 3 aliphatic carbocycles. The summed E-state index contributed by atoms with van der Waals surface area (Å²) >= 11 is 0. The van der Waals surface area contributed by atoms with E-state index in [1.165, 1.54) is 12.2 Å². The Balaban J connectivity index is 1.16. The van der Waals surface area contributed by atoms with Gasteiger partial charge in [0.1, 0.15) is 0 Å². The van der Waals surface area contributed by atoms with Crippen LogP contribution in [0, 0.1) is 35.5 Å². The lowest BCUT2D eigenvalue weighted by molar-refractivity contribution is -0.146. The number of hydrogen-bond donors (Lipinski definition) is 1. The molecule has 0 saturated heterocycles. The van der Waals surface area contributed by atoms with Gasteiger partial charge in [0.2, 0.25) is 0 Å². The molecule has 0 aromatic heterocycles. The minimum atomic E-state index is -0.376. The van der Waals surface area contributed by atoms with E-state index < -0.39 is 0 Å². The van der Waals surface area contributed by atoms with E-state index >= 15 is 0 Å². The Kier molecular flexibility index (Phi) is 14.9. The van der Waals surface area contributed by atoms with Gasteiger partial charge in [-0.15, -0.1) is 0 Å². The van der Waals surface area contributed by atoms with Crippen molar-refractivity contribution in [3.63, 3.8) is 0 Å². The summed E-state index contributed by atoms with van der Waals surface area (Å²) in [5.41, 5.74) is 0. The Hall–Kier alpha value is -2.84. The first kappa shape index (κ1) is 33.7. The number of amides is 1. The summed E-state index contributed by atoms with van der Waals surface area (Å²) in [5, 5.41) is 2.94. The zero-order valence-electron chi connectivity index (χ0n) is 25.2. The third-order valence-corrected chi connectivity index (χ3v) is 9.38. The van der Waals surface area contributed by atoms with Gasteiger partial charge in [-0.1, -0.05) is 26.0 Å². The van der Waals surface area contributed by atoms with Crippen molar-refractivity contribution in [2.75, 3.05) is 33.0 Å². The van der Waals surface area contributed by atoms with E-state index in [4.69, 9.17) is 18.9 Å². The molecule has 0 heterocycles. The third kappa shape index (κ3) is 13.0. The molecule has 0 aromatic carbocycles. The van der Waals surface area contributed by atoms with Crippen molar-refractivity contribution in [3.8, 4) is 0 Å². The Morgan fingerprint density at radius 1 is 0.548 bits per heavy atom. The largest absolute Gasteiger partial charge is 0.465 e. The van der Waals surface area contributed by atoms with Crippen molar-refractivity contribution in [3.05, 3.63) is 25.3 Å². The Labute approximate surface area is 251 Å². The third-order valence-electron chi connectivity index (χ3n) is 9.38. The Morgan fingerprint density at radius 3 is 1.38 bits per heavy atom. The maximum absolute atomic E-state index is 12.3. The van der Waals surface area contributed by atoms with Crippen LogP contribution in [-0.4, -0.2) is 57.0 Å². The number of carbonyl (C=O) groups excluding carboxylic acids is 4. The molecule has 236 valence electrons. The second-order valence-corrected chi connectivity index (χ2v) is 12.5. The molecule has 42 heavy (non-hydrogen) atoms. The van der Waals surface area contributed by atoms with E-state index in [-0.39, 0.29) is 24.0 Å². The van der Waals surface area contributed by atoms with Crippen molar-refractivity contribution in [2.24, 2.45) is 35.5 Å². The molecule has 0 aromatic rings. The molecule has 9 heteroatoms. The molecule has 3 rings (SSSR count). The van der Waals surface area contributed by atoms with Crippen LogP contribution in [0.4, 0.5) is 4.79 Å². The molecule has 3 aliphatic rings. The molecule has 9 nitrogen and oxygen atoms in total. The van der Waals surface area contributed by atoms with Gasteiger partial charge in [0.15, 0.2) is 0 Å². The zero-order chi connectivity index (χ0) is 30.2. The second-order valence-electron chi connectivity index (χ2n) is 12.5. The minimum Gasteiger partial charge on any atom is -0.465 e. The quantitative estimate of drug-likeness (QED) is 0.142. The fraction of sp³-hybridized carbons (Fsp3) is 0.758. The summed E-state index contributed by atoms with van der Waals surface area (Å²) in [6.45, 7) is 9.26. The number of carbonyl (C=O) groups is 4. The summed E-state index contributed by atoms with van der Waals surface area (Å²) in [7, 11) is 0. The lowest BCUT2D eigenvalue weighted by Gasteiger charge is -2.29. The van der Waals surface area contributed by atoms with Gasteiger partial charge in [0.05, 0.1) is 26.4 Å². The van der Waals surface area contributed by atoms with Crippen LogP contribution in [0.5, 0.6) is 0 Å². The number of alkyl carbamates (subject to hydrolysis) is 1. The highest BCUT2D eigenvalue weighted by molar-refractivity contribution is 5.81. The summed E-state index contributed by atoms with van der Waals surface area (Å²) in [5.74, 6) is 1.65. The molecular weight excluding hydrogens is 538 g/mol. The van der Waals surface area contributed by atoms with E-state index in [2.05, 4.69) is 18.5 Å². The van der Waals surface area contributed by atoms with Crippen molar-refractivity contribution in [1.82, 2.24) is 5.32 Å². The van der Waals surface area contributed by atoms with Crippen molar-refractivity contribution < 1.29 is 38.1 Å². The second kappa shape index (κ2) is 18.6. The molecule has 0 atom stereocenters. The molecule has 3 fully saturated rings. The van der Waals surface area contributed by atoms with Gasteiger partial charge < -0.3 is 24.3 Å². The topological polar surface area (TPSA) is 117 Å². The number of nitrogens with one attached hydrogen (secondary N) is 1. The molecule has 0 unspecified atom stereocenters. The smallest absolute Gasteiger partial charge is 0.407 e. The Morgan fingerprint density at radius 2 is 0.929 bits per heavy atom. The summed E-state index contributed by atoms with van der Waals surface area (Å²) in [6, 6.07) is 0. The van der Waals surface area contributed by atoms with Crippen molar-refractivity contribution in [1.29, 1.82) is 0 Å². The summed E-state index contributed by atoms with van der Waals surface area (Å²) in [4.78, 5) is 47.0. The predicted octanol–water partition coefficient (Wildman–Crippen LogP) is 5.91. The van der Waals surface area contributed by atoms with Crippen LogP contribution in [0.1, 0.15) is 89.9 Å². The monoisotopic (exact) mass is 589 g/mol. The van der Waals surface area contributed by atoms with Gasteiger partial charge in [0.25, 0.3) is 0 Å². The average Bonchev–Trinajstić information content (AvgIpc) is 3.03. The predicted molar refractivity (Wildman–Crippen MR) is 158 cm³/mol. The van der Waals surface area contributed by atoms with Crippen molar-refractivity contribution in [2.45, 2.75) is 89.9 Å². The highest BCUT2D eigenvalue weighted by Gasteiger charge is 2.26. The van der Waals surface area contributed by atoms with Gasteiger partial charge in [-0.2, -0.15) is 0 Å². The normalized spacial score (nSPS) is 27.6. The molecule has 3 saturated carbocycles. The maximum Gasteiger partial charge on any atom is 0.407 e. The molecule has 0 spiro atoms. The average molecular weight is 590 g/mol. The number of hydrogen-bond acceptors (Lipinski definition) is 8. The molecule has 0 aliphatic heterocycles. The minimum absolute atomic E-state index is 0.104. The number of rotatable bonds is 15. The standard InChI is InChI=1S/C33H51NO8/c1-3-30(35)39-20-26-9-11-28(12-10-26)22-41-32(37)18-17-24-5-7-25(8-6-24)19-34-33(38)42-23-29-15-13-27(14-16-29)21-40-31(36)4-2/h3-4,24-29H,1-2,5-23H2,(H,34,38). The zero-order valence-corrected chi connectivity index (χ0v) is 25.2. The van der Waals surface area contributed by atoms with Crippen LogP contribution in [0.25, 0.3) is 0 Å². The van der Waals surface area contributed by atoms with Crippen LogP contribution >= 0.6 is 0 Å². The van der Waals surface area contributed by atoms with Crippen LogP contribution in [0.15, 0.2) is 25.3 Å². The van der Waals surface area contributed by atoms with Gasteiger partial charge in [-0.05, 0) is 106 Å². The fourth-order valence-corrected chi connectivity index (χ4v) is 6.45.